The number of hydrogen-bond acceptors (Lipinski definition) is 7. The average molecular weight is 331 g/mol. The molecule has 0 aliphatic carbocycles. The van der Waals surface area contributed by atoms with Crippen LogP contribution >= 0.6 is 11.3 Å². The highest BCUT2D eigenvalue weighted by Gasteiger charge is 2.18. The maximum atomic E-state index is 12.2. The zero-order valence-electron chi connectivity index (χ0n) is 13.2. The molecule has 7 nitrogen and oxygen atoms in total. The maximum absolute atomic E-state index is 12.2. The number of ether oxygens (including phenoxy) is 1. The zero-order valence-corrected chi connectivity index (χ0v) is 14.0. The highest BCUT2D eigenvalue weighted by molar-refractivity contribution is 7.09. The van der Waals surface area contributed by atoms with Crippen LogP contribution in [0.4, 0.5) is 5.69 Å². The first-order valence-electron chi connectivity index (χ1n) is 7.22. The van der Waals surface area contributed by atoms with Crippen LogP contribution in [0.2, 0.25) is 0 Å². The molecule has 1 N–H and O–H groups in total. The van der Waals surface area contributed by atoms with Gasteiger partial charge in [0.15, 0.2) is 5.65 Å². The maximum Gasteiger partial charge on any atom is 0.341 e. The molecule has 3 heterocycles. The van der Waals surface area contributed by atoms with E-state index < -0.39 is 5.97 Å². The SMILES string of the molecule is CCOC(=O)c1cnc2c(cnn2C)c1NCc1scnc1C. The van der Waals surface area contributed by atoms with Crippen molar-refractivity contribution >= 4 is 34.0 Å². The molecule has 0 aliphatic heterocycles. The second-order valence-electron chi connectivity index (χ2n) is 4.99. The van der Waals surface area contributed by atoms with E-state index in [2.05, 4.69) is 20.4 Å². The molecule has 0 aromatic carbocycles. The Morgan fingerprint density at radius 3 is 2.91 bits per heavy atom. The number of hydrogen-bond donors (Lipinski definition) is 1. The molecule has 3 rings (SSSR count). The van der Waals surface area contributed by atoms with Crippen molar-refractivity contribution in [2.75, 3.05) is 11.9 Å². The minimum absolute atomic E-state index is 0.317. The van der Waals surface area contributed by atoms with Crippen molar-refractivity contribution in [2.45, 2.75) is 20.4 Å². The summed E-state index contributed by atoms with van der Waals surface area (Å²) < 4.78 is 6.80. The third-order valence-electron chi connectivity index (χ3n) is 3.53. The van der Waals surface area contributed by atoms with Gasteiger partial charge in [-0.15, -0.1) is 11.3 Å². The lowest BCUT2D eigenvalue weighted by molar-refractivity contribution is 0.0527. The Morgan fingerprint density at radius 1 is 1.39 bits per heavy atom. The van der Waals surface area contributed by atoms with Crippen molar-refractivity contribution in [3.05, 3.63) is 34.0 Å². The molecule has 3 aromatic heterocycles. The molecule has 23 heavy (non-hydrogen) atoms. The van der Waals surface area contributed by atoms with Crippen LogP contribution in [0.1, 0.15) is 27.9 Å². The third-order valence-corrected chi connectivity index (χ3v) is 4.46. The Balaban J connectivity index is 2.01. The Kier molecular flexibility index (Phi) is 4.24. The number of esters is 1. The van der Waals surface area contributed by atoms with E-state index in [0.29, 0.717) is 30.0 Å². The summed E-state index contributed by atoms with van der Waals surface area (Å²) in [6.45, 7) is 4.64. The molecule has 0 atom stereocenters. The fourth-order valence-electron chi connectivity index (χ4n) is 2.31. The van der Waals surface area contributed by atoms with Gasteiger partial charge < -0.3 is 10.1 Å². The molecule has 0 spiro atoms. The molecule has 0 saturated heterocycles. The molecule has 0 unspecified atom stereocenters. The number of carbonyl (C=O) groups excluding carboxylic acids is 1. The Hall–Kier alpha value is -2.48. The van der Waals surface area contributed by atoms with Crippen molar-refractivity contribution < 1.29 is 9.53 Å². The van der Waals surface area contributed by atoms with Gasteiger partial charge in [0.25, 0.3) is 0 Å². The number of carbonyl (C=O) groups is 1. The van der Waals surface area contributed by atoms with Crippen LogP contribution < -0.4 is 5.32 Å². The second kappa shape index (κ2) is 6.33. The lowest BCUT2D eigenvalue weighted by Crippen LogP contribution is -2.11. The second-order valence-corrected chi connectivity index (χ2v) is 5.93. The van der Waals surface area contributed by atoms with Gasteiger partial charge in [-0.1, -0.05) is 0 Å². The molecule has 0 fully saturated rings. The summed E-state index contributed by atoms with van der Waals surface area (Å²) in [7, 11) is 1.82. The van der Waals surface area contributed by atoms with Crippen LogP contribution in [-0.4, -0.2) is 32.3 Å². The minimum Gasteiger partial charge on any atom is -0.462 e. The number of thiazole rings is 1. The number of aromatic nitrogens is 4. The standard InChI is InChI=1S/C15H17N5O2S/c1-4-22-15(21)11-5-17-14-10(6-19-20(14)3)13(11)16-7-12-9(2)18-8-23-12/h5-6,8H,4,7H2,1-3H3,(H,16,17). The monoisotopic (exact) mass is 331 g/mol. The highest BCUT2D eigenvalue weighted by Crippen LogP contribution is 2.27. The predicted octanol–water partition coefficient (Wildman–Crippen LogP) is 2.52. The molecule has 3 aromatic rings. The molecule has 0 radical (unpaired) electrons. The molecular weight excluding hydrogens is 314 g/mol. The van der Waals surface area contributed by atoms with E-state index >= 15 is 0 Å². The van der Waals surface area contributed by atoms with Crippen molar-refractivity contribution in [1.82, 2.24) is 19.7 Å². The molecule has 0 saturated carbocycles. The summed E-state index contributed by atoms with van der Waals surface area (Å²) in [5.74, 6) is -0.394. The molecule has 0 amide bonds. The molecular formula is C15H17N5O2S. The highest BCUT2D eigenvalue weighted by atomic mass is 32.1. The smallest absolute Gasteiger partial charge is 0.341 e. The quantitative estimate of drug-likeness (QED) is 0.724. The van der Waals surface area contributed by atoms with Gasteiger partial charge in [0.1, 0.15) is 5.56 Å². The van der Waals surface area contributed by atoms with Crippen LogP contribution in [0, 0.1) is 6.92 Å². The summed E-state index contributed by atoms with van der Waals surface area (Å²) in [5, 5.41) is 8.34. The Bertz CT molecular complexity index is 855. The number of pyridine rings is 1. The summed E-state index contributed by atoms with van der Waals surface area (Å²) >= 11 is 1.58. The largest absolute Gasteiger partial charge is 0.462 e. The molecule has 8 heteroatoms. The fourth-order valence-corrected chi connectivity index (χ4v) is 3.03. The summed E-state index contributed by atoms with van der Waals surface area (Å²) in [4.78, 5) is 21.9. The predicted molar refractivity (Wildman–Crippen MR) is 88.6 cm³/mol. The normalized spacial score (nSPS) is 10.9. The van der Waals surface area contributed by atoms with Crippen LogP contribution in [0.5, 0.6) is 0 Å². The third kappa shape index (κ3) is 2.89. The number of nitrogens with zero attached hydrogens (tertiary/aromatic N) is 4. The summed E-state index contributed by atoms with van der Waals surface area (Å²) in [6.07, 6.45) is 3.23. The number of anilines is 1. The fraction of sp³-hybridized carbons (Fsp3) is 0.333. The van der Waals surface area contributed by atoms with Crippen molar-refractivity contribution in [3.63, 3.8) is 0 Å². The van der Waals surface area contributed by atoms with E-state index in [9.17, 15) is 4.79 Å². The molecule has 0 aliphatic rings. The zero-order chi connectivity index (χ0) is 16.4. The van der Waals surface area contributed by atoms with Crippen molar-refractivity contribution in [3.8, 4) is 0 Å². The van der Waals surface area contributed by atoms with Gasteiger partial charge in [-0.25, -0.2) is 14.8 Å². The van der Waals surface area contributed by atoms with Crippen molar-refractivity contribution in [2.24, 2.45) is 7.05 Å². The Morgan fingerprint density at radius 2 is 2.22 bits per heavy atom. The summed E-state index contributed by atoms with van der Waals surface area (Å²) in [6, 6.07) is 0. The topological polar surface area (TPSA) is 81.9 Å². The lowest BCUT2D eigenvalue weighted by atomic mass is 10.1. The number of fused-ring (bicyclic) bond motifs is 1. The number of aryl methyl sites for hydroxylation is 2. The number of nitrogens with one attached hydrogen (secondary N) is 1. The van der Waals surface area contributed by atoms with E-state index in [1.165, 1.54) is 6.20 Å². The number of rotatable bonds is 5. The molecule has 120 valence electrons. The van der Waals surface area contributed by atoms with E-state index in [0.717, 1.165) is 16.0 Å². The van der Waals surface area contributed by atoms with Crippen LogP contribution in [0.15, 0.2) is 17.9 Å². The van der Waals surface area contributed by atoms with Gasteiger partial charge >= 0.3 is 5.97 Å². The summed E-state index contributed by atoms with van der Waals surface area (Å²) in [5.41, 5.74) is 4.60. The van der Waals surface area contributed by atoms with E-state index in [-0.39, 0.29) is 0 Å². The van der Waals surface area contributed by atoms with E-state index in [1.807, 2.05) is 19.5 Å². The van der Waals surface area contributed by atoms with E-state index in [4.69, 9.17) is 4.74 Å². The van der Waals surface area contributed by atoms with Gasteiger partial charge in [0.2, 0.25) is 0 Å². The lowest BCUT2D eigenvalue weighted by Gasteiger charge is -2.12. The first-order valence-corrected chi connectivity index (χ1v) is 8.10. The molecule has 0 bridgehead atoms. The van der Waals surface area contributed by atoms with Gasteiger partial charge in [0.05, 0.1) is 41.6 Å². The van der Waals surface area contributed by atoms with Crippen LogP contribution in [-0.2, 0) is 18.3 Å². The Labute approximate surface area is 137 Å². The van der Waals surface area contributed by atoms with Gasteiger partial charge in [-0.05, 0) is 13.8 Å². The average Bonchev–Trinajstić information content (AvgIpc) is 3.11. The van der Waals surface area contributed by atoms with Gasteiger partial charge in [-0.2, -0.15) is 5.10 Å². The van der Waals surface area contributed by atoms with E-state index in [1.54, 1.807) is 29.1 Å². The van der Waals surface area contributed by atoms with Gasteiger partial charge in [0, 0.05) is 18.1 Å². The van der Waals surface area contributed by atoms with Crippen LogP contribution in [0.3, 0.4) is 0 Å². The first-order chi connectivity index (χ1) is 11.1. The van der Waals surface area contributed by atoms with Crippen LogP contribution in [0.25, 0.3) is 11.0 Å². The minimum atomic E-state index is -0.394. The first kappa shape index (κ1) is 15.4. The van der Waals surface area contributed by atoms with Crippen molar-refractivity contribution in [1.29, 1.82) is 0 Å². The van der Waals surface area contributed by atoms with Gasteiger partial charge in [-0.3, -0.25) is 4.68 Å².